The molecule has 1 heterocycles. The highest BCUT2D eigenvalue weighted by Gasteiger charge is 2.42. The Morgan fingerprint density at radius 1 is 1.35 bits per heavy atom. The van der Waals surface area contributed by atoms with Gasteiger partial charge in [-0.3, -0.25) is 0 Å². The van der Waals surface area contributed by atoms with Crippen molar-refractivity contribution in [3.63, 3.8) is 0 Å². The number of hydrogen-bond donors (Lipinski definition) is 0. The minimum atomic E-state index is -0.287. The average molecular weight is 270 g/mol. The zero-order chi connectivity index (χ0) is 14.2. The van der Waals surface area contributed by atoms with Crippen LogP contribution in [0.3, 0.4) is 0 Å². The third-order valence-corrected chi connectivity index (χ3v) is 3.87. The van der Waals surface area contributed by atoms with Gasteiger partial charge in [0.25, 0.3) is 0 Å². The Kier molecular flexibility index (Phi) is 3.08. The lowest BCUT2D eigenvalue weighted by molar-refractivity contribution is 0.0263. The van der Waals surface area contributed by atoms with Gasteiger partial charge in [0.2, 0.25) is 0 Å². The van der Waals surface area contributed by atoms with Gasteiger partial charge in [-0.1, -0.05) is 30.3 Å². The van der Waals surface area contributed by atoms with Gasteiger partial charge in [0.05, 0.1) is 18.6 Å². The number of esters is 1. The first kappa shape index (κ1) is 12.9. The Morgan fingerprint density at radius 3 is 2.70 bits per heavy atom. The van der Waals surface area contributed by atoms with E-state index in [0.717, 1.165) is 18.4 Å². The highest BCUT2D eigenvalue weighted by molar-refractivity contribution is 5.88. The first-order valence-electron chi connectivity index (χ1n) is 6.89. The van der Waals surface area contributed by atoms with Gasteiger partial charge in [-0.05, 0) is 32.3 Å². The molecule has 0 saturated heterocycles. The molecule has 0 spiro atoms. The lowest BCUT2D eigenvalue weighted by Crippen LogP contribution is -2.20. The number of rotatable bonds is 4. The molecule has 1 aliphatic carbocycles. The van der Waals surface area contributed by atoms with Crippen LogP contribution in [-0.4, -0.2) is 21.1 Å². The summed E-state index contributed by atoms with van der Waals surface area (Å²) in [4.78, 5) is 16.3. The van der Waals surface area contributed by atoms with E-state index in [9.17, 15) is 4.79 Å². The molecule has 1 aromatic carbocycles. The number of benzene rings is 1. The fourth-order valence-electron chi connectivity index (χ4n) is 2.22. The molecule has 2 aromatic rings. The zero-order valence-corrected chi connectivity index (χ0v) is 11.7. The second-order valence-corrected chi connectivity index (χ2v) is 5.61. The van der Waals surface area contributed by atoms with Crippen LogP contribution >= 0.6 is 0 Å². The van der Waals surface area contributed by atoms with E-state index >= 15 is 0 Å². The van der Waals surface area contributed by atoms with Crippen LogP contribution in [-0.2, 0) is 4.74 Å². The number of hydrogen-bond acceptors (Lipinski definition) is 3. The third-order valence-electron chi connectivity index (χ3n) is 3.87. The van der Waals surface area contributed by atoms with Crippen molar-refractivity contribution in [3.8, 4) is 0 Å². The van der Waals surface area contributed by atoms with Gasteiger partial charge >= 0.3 is 5.97 Å². The molecule has 1 saturated carbocycles. The molecule has 0 amide bonds. The van der Waals surface area contributed by atoms with Crippen LogP contribution in [0.2, 0.25) is 0 Å². The number of ether oxygens (including phenoxy) is 1. The number of carbonyl (C=O) groups excluding carboxylic acids is 1. The van der Waals surface area contributed by atoms with Crippen molar-refractivity contribution in [2.24, 2.45) is 0 Å². The SMILES string of the molecule is C[C@H](c1ccccc1)n1cncc1C(=O)OC1(C)CC1. The molecule has 0 radical (unpaired) electrons. The first-order valence-corrected chi connectivity index (χ1v) is 6.89. The topological polar surface area (TPSA) is 44.1 Å². The molecular formula is C16H18N2O2. The normalized spacial score (nSPS) is 17.5. The van der Waals surface area contributed by atoms with Crippen molar-refractivity contribution in [1.29, 1.82) is 0 Å². The van der Waals surface area contributed by atoms with Crippen molar-refractivity contribution in [2.45, 2.75) is 38.3 Å². The van der Waals surface area contributed by atoms with Crippen molar-refractivity contribution in [1.82, 2.24) is 9.55 Å². The molecule has 0 N–H and O–H groups in total. The molecule has 1 atom stereocenters. The predicted molar refractivity (Wildman–Crippen MR) is 75.5 cm³/mol. The Hall–Kier alpha value is -2.10. The maximum atomic E-state index is 12.2. The Bertz CT molecular complexity index is 614. The second kappa shape index (κ2) is 4.78. The van der Waals surface area contributed by atoms with Crippen LogP contribution in [0.5, 0.6) is 0 Å². The Labute approximate surface area is 118 Å². The quantitative estimate of drug-likeness (QED) is 0.801. The first-order chi connectivity index (χ1) is 9.59. The highest BCUT2D eigenvalue weighted by atomic mass is 16.6. The summed E-state index contributed by atoms with van der Waals surface area (Å²) < 4.78 is 7.38. The summed E-state index contributed by atoms with van der Waals surface area (Å²) in [6, 6.07) is 10.1. The van der Waals surface area contributed by atoms with Crippen LogP contribution in [0.15, 0.2) is 42.9 Å². The number of aromatic nitrogens is 2. The van der Waals surface area contributed by atoms with E-state index in [2.05, 4.69) is 4.98 Å². The molecular weight excluding hydrogens is 252 g/mol. The molecule has 3 rings (SSSR count). The molecule has 0 aliphatic heterocycles. The van der Waals surface area contributed by atoms with Crippen molar-refractivity contribution in [2.75, 3.05) is 0 Å². The van der Waals surface area contributed by atoms with Crippen molar-refractivity contribution < 1.29 is 9.53 Å². The molecule has 1 aliphatic rings. The second-order valence-electron chi connectivity index (χ2n) is 5.61. The Morgan fingerprint density at radius 2 is 2.05 bits per heavy atom. The maximum absolute atomic E-state index is 12.2. The van der Waals surface area contributed by atoms with Crippen LogP contribution in [0.4, 0.5) is 0 Å². The van der Waals surface area contributed by atoms with Gasteiger partial charge < -0.3 is 9.30 Å². The van der Waals surface area contributed by atoms with Gasteiger partial charge in [-0.2, -0.15) is 0 Å². The number of imidazole rings is 1. The monoisotopic (exact) mass is 270 g/mol. The smallest absolute Gasteiger partial charge is 0.357 e. The van der Waals surface area contributed by atoms with E-state index in [1.165, 1.54) is 0 Å². The van der Waals surface area contributed by atoms with E-state index in [1.54, 1.807) is 12.5 Å². The molecule has 20 heavy (non-hydrogen) atoms. The zero-order valence-electron chi connectivity index (χ0n) is 11.7. The minimum Gasteiger partial charge on any atom is -0.455 e. The minimum absolute atomic E-state index is 0.0493. The summed E-state index contributed by atoms with van der Waals surface area (Å²) in [5.74, 6) is -0.287. The van der Waals surface area contributed by atoms with Crippen molar-refractivity contribution >= 4 is 5.97 Å². The van der Waals surface area contributed by atoms with Gasteiger partial charge in [0, 0.05) is 0 Å². The molecule has 4 heteroatoms. The van der Waals surface area contributed by atoms with E-state index in [4.69, 9.17) is 4.74 Å². The van der Waals surface area contributed by atoms with Gasteiger partial charge in [-0.25, -0.2) is 9.78 Å². The lowest BCUT2D eigenvalue weighted by Gasteiger charge is -2.17. The highest BCUT2D eigenvalue weighted by Crippen LogP contribution is 2.39. The van der Waals surface area contributed by atoms with Gasteiger partial charge in [0.15, 0.2) is 0 Å². The summed E-state index contributed by atoms with van der Waals surface area (Å²) in [7, 11) is 0. The van der Waals surface area contributed by atoms with E-state index in [0.29, 0.717) is 5.69 Å². The summed E-state index contributed by atoms with van der Waals surface area (Å²) in [5, 5.41) is 0. The standard InChI is InChI=1S/C16H18N2O2/c1-12(13-6-4-3-5-7-13)18-11-17-10-14(18)15(19)20-16(2)8-9-16/h3-7,10-12H,8-9H2,1-2H3/t12-/m1/s1. The van der Waals surface area contributed by atoms with Crippen LogP contribution < -0.4 is 0 Å². The summed E-state index contributed by atoms with van der Waals surface area (Å²) in [5.41, 5.74) is 1.38. The van der Waals surface area contributed by atoms with Gasteiger partial charge in [-0.15, -0.1) is 0 Å². The molecule has 104 valence electrons. The molecule has 4 nitrogen and oxygen atoms in total. The van der Waals surface area contributed by atoms with Crippen molar-refractivity contribution in [3.05, 3.63) is 54.1 Å². The molecule has 1 fully saturated rings. The summed E-state index contributed by atoms with van der Waals surface area (Å²) >= 11 is 0. The summed E-state index contributed by atoms with van der Waals surface area (Å²) in [6.45, 7) is 4.01. The third kappa shape index (κ3) is 2.46. The fraction of sp³-hybridized carbons (Fsp3) is 0.375. The van der Waals surface area contributed by atoms with Crippen LogP contribution in [0, 0.1) is 0 Å². The van der Waals surface area contributed by atoms with Gasteiger partial charge in [0.1, 0.15) is 11.3 Å². The number of carbonyl (C=O) groups is 1. The van der Waals surface area contributed by atoms with Crippen LogP contribution in [0.25, 0.3) is 0 Å². The number of nitrogens with zero attached hydrogens (tertiary/aromatic N) is 2. The molecule has 0 bridgehead atoms. The van der Waals surface area contributed by atoms with E-state index in [-0.39, 0.29) is 17.6 Å². The fourth-order valence-corrected chi connectivity index (χ4v) is 2.22. The molecule has 0 unspecified atom stereocenters. The summed E-state index contributed by atoms with van der Waals surface area (Å²) in [6.07, 6.45) is 5.15. The largest absolute Gasteiger partial charge is 0.455 e. The molecule has 1 aromatic heterocycles. The van der Waals surface area contributed by atoms with E-state index in [1.807, 2.05) is 48.7 Å². The van der Waals surface area contributed by atoms with Crippen LogP contribution in [0.1, 0.15) is 48.8 Å². The maximum Gasteiger partial charge on any atom is 0.357 e. The van der Waals surface area contributed by atoms with E-state index < -0.39 is 0 Å². The Balaban J connectivity index is 1.84. The lowest BCUT2D eigenvalue weighted by atomic mass is 10.1. The average Bonchev–Trinajstić information content (AvgIpc) is 3.00. The predicted octanol–water partition coefficient (Wildman–Crippen LogP) is 3.20.